The molecule has 2 heterocycles. The van der Waals surface area contributed by atoms with Gasteiger partial charge in [-0.3, -0.25) is 4.79 Å². The number of nitrogens with zero attached hydrogens (tertiary/aromatic N) is 2. The second kappa shape index (κ2) is 6.68. The van der Waals surface area contributed by atoms with E-state index >= 15 is 0 Å². The molecule has 1 amide bonds. The van der Waals surface area contributed by atoms with Crippen molar-refractivity contribution in [3.05, 3.63) is 18.2 Å². The molecule has 1 saturated heterocycles. The SMILES string of the molecule is CCCNC1COCC1C(=O)NCc1nccn1C. The number of rotatable bonds is 6. The number of aryl methyl sites for hydroxylation is 1. The van der Waals surface area contributed by atoms with Crippen LogP contribution in [-0.4, -0.2) is 41.3 Å². The smallest absolute Gasteiger partial charge is 0.227 e. The summed E-state index contributed by atoms with van der Waals surface area (Å²) in [6.45, 7) is 4.59. The highest BCUT2D eigenvalue weighted by molar-refractivity contribution is 5.79. The van der Waals surface area contributed by atoms with Crippen molar-refractivity contribution >= 4 is 5.91 Å². The number of aromatic nitrogens is 2. The molecule has 2 atom stereocenters. The zero-order valence-corrected chi connectivity index (χ0v) is 11.6. The van der Waals surface area contributed by atoms with Crippen LogP contribution in [0.25, 0.3) is 0 Å². The first-order chi connectivity index (χ1) is 9.22. The number of imidazole rings is 1. The van der Waals surface area contributed by atoms with E-state index in [9.17, 15) is 4.79 Å². The van der Waals surface area contributed by atoms with Gasteiger partial charge in [-0.05, 0) is 13.0 Å². The first kappa shape index (κ1) is 14.0. The van der Waals surface area contributed by atoms with Gasteiger partial charge < -0.3 is 19.9 Å². The molecule has 0 saturated carbocycles. The lowest BCUT2D eigenvalue weighted by molar-refractivity contribution is -0.125. The van der Waals surface area contributed by atoms with Crippen molar-refractivity contribution in [3.63, 3.8) is 0 Å². The number of ether oxygens (including phenoxy) is 1. The average Bonchev–Trinajstić information content (AvgIpc) is 3.02. The third-order valence-corrected chi connectivity index (χ3v) is 3.42. The molecular weight excluding hydrogens is 244 g/mol. The average molecular weight is 266 g/mol. The third-order valence-electron chi connectivity index (χ3n) is 3.42. The van der Waals surface area contributed by atoms with Crippen LogP contribution < -0.4 is 10.6 Å². The molecular formula is C13H22N4O2. The summed E-state index contributed by atoms with van der Waals surface area (Å²) in [5.74, 6) is 0.784. The van der Waals surface area contributed by atoms with Crippen LogP contribution >= 0.6 is 0 Å². The van der Waals surface area contributed by atoms with Gasteiger partial charge in [0.2, 0.25) is 5.91 Å². The fourth-order valence-electron chi connectivity index (χ4n) is 2.21. The fraction of sp³-hybridized carbons (Fsp3) is 0.692. The number of carbonyl (C=O) groups excluding carboxylic acids is 1. The highest BCUT2D eigenvalue weighted by Gasteiger charge is 2.33. The lowest BCUT2D eigenvalue weighted by atomic mass is 10.0. The topological polar surface area (TPSA) is 68.2 Å². The molecule has 0 bridgehead atoms. The first-order valence-corrected chi connectivity index (χ1v) is 6.77. The van der Waals surface area contributed by atoms with Gasteiger partial charge >= 0.3 is 0 Å². The lowest BCUT2D eigenvalue weighted by Gasteiger charge is -2.18. The highest BCUT2D eigenvalue weighted by Crippen LogP contribution is 2.14. The summed E-state index contributed by atoms with van der Waals surface area (Å²) in [4.78, 5) is 16.3. The van der Waals surface area contributed by atoms with Crippen molar-refractivity contribution in [2.75, 3.05) is 19.8 Å². The number of amides is 1. The Labute approximate surface area is 113 Å². The van der Waals surface area contributed by atoms with Crippen LogP contribution in [0.15, 0.2) is 12.4 Å². The maximum absolute atomic E-state index is 12.2. The Kier molecular flexibility index (Phi) is 4.93. The zero-order chi connectivity index (χ0) is 13.7. The third kappa shape index (κ3) is 3.54. The normalized spacial score (nSPS) is 22.6. The van der Waals surface area contributed by atoms with Crippen molar-refractivity contribution in [2.45, 2.75) is 25.9 Å². The number of hydrogen-bond acceptors (Lipinski definition) is 4. The zero-order valence-electron chi connectivity index (χ0n) is 11.6. The molecule has 2 unspecified atom stereocenters. The van der Waals surface area contributed by atoms with E-state index in [2.05, 4.69) is 22.5 Å². The van der Waals surface area contributed by atoms with E-state index < -0.39 is 0 Å². The van der Waals surface area contributed by atoms with Gasteiger partial charge in [0, 0.05) is 25.5 Å². The van der Waals surface area contributed by atoms with E-state index in [1.165, 1.54) is 0 Å². The number of hydrogen-bond donors (Lipinski definition) is 2. The van der Waals surface area contributed by atoms with E-state index in [1.807, 2.05) is 17.8 Å². The van der Waals surface area contributed by atoms with Crippen molar-refractivity contribution in [3.8, 4) is 0 Å². The van der Waals surface area contributed by atoms with Crippen LogP contribution in [0.3, 0.4) is 0 Å². The van der Waals surface area contributed by atoms with Crippen LogP contribution in [0.2, 0.25) is 0 Å². The molecule has 2 rings (SSSR count). The molecule has 1 aliphatic rings. The summed E-state index contributed by atoms with van der Waals surface area (Å²) in [6.07, 6.45) is 4.65. The summed E-state index contributed by atoms with van der Waals surface area (Å²) in [5.41, 5.74) is 0. The highest BCUT2D eigenvalue weighted by atomic mass is 16.5. The van der Waals surface area contributed by atoms with E-state index in [0.717, 1.165) is 18.8 Å². The molecule has 1 fully saturated rings. The van der Waals surface area contributed by atoms with Crippen molar-refractivity contribution in [1.29, 1.82) is 0 Å². The Bertz CT molecular complexity index is 419. The molecule has 6 nitrogen and oxygen atoms in total. The van der Waals surface area contributed by atoms with Gasteiger partial charge in [0.05, 0.1) is 25.7 Å². The summed E-state index contributed by atoms with van der Waals surface area (Å²) in [7, 11) is 1.92. The van der Waals surface area contributed by atoms with Gasteiger partial charge in [-0.1, -0.05) is 6.92 Å². The van der Waals surface area contributed by atoms with Crippen LogP contribution in [0.4, 0.5) is 0 Å². The maximum atomic E-state index is 12.2. The van der Waals surface area contributed by atoms with Crippen molar-refractivity contribution in [2.24, 2.45) is 13.0 Å². The van der Waals surface area contributed by atoms with Gasteiger partial charge in [0.1, 0.15) is 5.82 Å². The van der Waals surface area contributed by atoms with Crippen LogP contribution in [0.1, 0.15) is 19.2 Å². The van der Waals surface area contributed by atoms with Crippen LogP contribution in [-0.2, 0) is 23.1 Å². The number of carbonyl (C=O) groups is 1. The molecule has 19 heavy (non-hydrogen) atoms. The predicted octanol–water partition coefficient (Wildman–Crippen LogP) is 0.0509. The summed E-state index contributed by atoms with van der Waals surface area (Å²) >= 11 is 0. The fourth-order valence-corrected chi connectivity index (χ4v) is 2.21. The molecule has 2 N–H and O–H groups in total. The van der Waals surface area contributed by atoms with E-state index in [1.54, 1.807) is 6.20 Å². The van der Waals surface area contributed by atoms with Gasteiger partial charge in [-0.25, -0.2) is 4.98 Å². The minimum absolute atomic E-state index is 0.0362. The molecule has 1 aliphatic heterocycles. The Morgan fingerprint density at radius 3 is 3.11 bits per heavy atom. The van der Waals surface area contributed by atoms with Crippen LogP contribution in [0.5, 0.6) is 0 Å². The van der Waals surface area contributed by atoms with Crippen molar-refractivity contribution in [1.82, 2.24) is 20.2 Å². The summed E-state index contributed by atoms with van der Waals surface area (Å²) < 4.78 is 7.31. The Morgan fingerprint density at radius 2 is 2.42 bits per heavy atom. The molecule has 1 aromatic heterocycles. The monoisotopic (exact) mass is 266 g/mol. The molecule has 106 valence electrons. The quantitative estimate of drug-likeness (QED) is 0.763. The molecule has 0 radical (unpaired) electrons. The lowest BCUT2D eigenvalue weighted by Crippen LogP contribution is -2.44. The van der Waals surface area contributed by atoms with Gasteiger partial charge in [-0.2, -0.15) is 0 Å². The molecule has 0 aromatic carbocycles. The predicted molar refractivity (Wildman–Crippen MR) is 71.4 cm³/mol. The summed E-state index contributed by atoms with van der Waals surface area (Å²) in [6, 6.07) is 0.126. The molecule has 6 heteroatoms. The van der Waals surface area contributed by atoms with Crippen LogP contribution in [0, 0.1) is 5.92 Å². The van der Waals surface area contributed by atoms with E-state index in [0.29, 0.717) is 19.8 Å². The second-order valence-electron chi connectivity index (χ2n) is 4.88. The van der Waals surface area contributed by atoms with Gasteiger partial charge in [0.25, 0.3) is 0 Å². The minimum atomic E-state index is -0.105. The second-order valence-corrected chi connectivity index (χ2v) is 4.88. The Balaban J connectivity index is 1.83. The van der Waals surface area contributed by atoms with E-state index in [-0.39, 0.29) is 17.9 Å². The van der Waals surface area contributed by atoms with Crippen molar-refractivity contribution < 1.29 is 9.53 Å². The maximum Gasteiger partial charge on any atom is 0.227 e. The van der Waals surface area contributed by atoms with Gasteiger partial charge in [-0.15, -0.1) is 0 Å². The Hall–Kier alpha value is -1.40. The van der Waals surface area contributed by atoms with Gasteiger partial charge in [0.15, 0.2) is 0 Å². The minimum Gasteiger partial charge on any atom is -0.379 e. The largest absolute Gasteiger partial charge is 0.379 e. The molecule has 1 aromatic rings. The molecule has 0 spiro atoms. The summed E-state index contributed by atoms with van der Waals surface area (Å²) in [5, 5.41) is 6.29. The first-order valence-electron chi connectivity index (χ1n) is 6.77. The molecule has 0 aliphatic carbocycles. The Morgan fingerprint density at radius 1 is 1.58 bits per heavy atom. The number of nitrogens with one attached hydrogen (secondary N) is 2. The van der Waals surface area contributed by atoms with E-state index in [4.69, 9.17) is 4.74 Å². The standard InChI is InChI=1S/C13H22N4O2/c1-3-4-14-11-9-19-8-10(11)13(18)16-7-12-15-5-6-17(12)2/h5-6,10-11,14H,3-4,7-9H2,1-2H3,(H,16,18).